The Kier molecular flexibility index (Phi) is 2.88. The fourth-order valence-electron chi connectivity index (χ4n) is 2.20. The first kappa shape index (κ1) is 12.6. The standard InChI is InChI=1S/C12H13F2NO3/c1-6-3-8(16)4-7(2)9(6)10-12(13,14)5-18-11(17)15-10/h3-4,10,16H,5H2,1-2H3,(H,15,17)/t10-/m1/s1. The van der Waals surface area contributed by atoms with Gasteiger partial charge in [0.2, 0.25) is 0 Å². The topological polar surface area (TPSA) is 58.6 Å². The molecule has 98 valence electrons. The number of phenolic OH excluding ortho intramolecular Hbond substituents is 1. The largest absolute Gasteiger partial charge is 0.508 e. The minimum atomic E-state index is -3.18. The van der Waals surface area contributed by atoms with Crippen LogP contribution in [-0.4, -0.2) is 23.7 Å². The summed E-state index contributed by atoms with van der Waals surface area (Å²) in [5, 5.41) is 11.5. The minimum absolute atomic E-state index is 0.00968. The van der Waals surface area contributed by atoms with E-state index in [4.69, 9.17) is 0 Å². The molecule has 1 aliphatic rings. The van der Waals surface area contributed by atoms with E-state index < -0.39 is 24.7 Å². The van der Waals surface area contributed by atoms with Crippen molar-refractivity contribution in [2.75, 3.05) is 6.61 Å². The molecule has 6 heteroatoms. The third kappa shape index (κ3) is 2.10. The molecule has 0 aliphatic carbocycles. The first-order valence-corrected chi connectivity index (χ1v) is 5.42. The molecule has 2 N–H and O–H groups in total. The lowest BCUT2D eigenvalue weighted by Crippen LogP contribution is -2.50. The van der Waals surface area contributed by atoms with Crippen LogP contribution in [0.4, 0.5) is 13.6 Å². The number of aryl methyl sites for hydroxylation is 2. The summed E-state index contributed by atoms with van der Waals surface area (Å²) in [4.78, 5) is 11.1. The lowest BCUT2D eigenvalue weighted by molar-refractivity contribution is -0.104. The van der Waals surface area contributed by atoms with Crippen LogP contribution in [0.25, 0.3) is 0 Å². The number of hydrogen-bond donors (Lipinski definition) is 2. The molecule has 0 unspecified atom stereocenters. The molecule has 0 spiro atoms. The van der Waals surface area contributed by atoms with Crippen molar-refractivity contribution in [2.24, 2.45) is 0 Å². The highest BCUT2D eigenvalue weighted by Crippen LogP contribution is 2.38. The van der Waals surface area contributed by atoms with Gasteiger partial charge in [0.1, 0.15) is 11.8 Å². The van der Waals surface area contributed by atoms with Gasteiger partial charge in [-0.25, -0.2) is 13.6 Å². The molecule has 1 aromatic carbocycles. The molecule has 2 rings (SSSR count). The highest BCUT2D eigenvalue weighted by molar-refractivity contribution is 5.69. The zero-order chi connectivity index (χ0) is 13.5. The molecule has 18 heavy (non-hydrogen) atoms. The van der Waals surface area contributed by atoms with Crippen molar-refractivity contribution >= 4 is 6.09 Å². The lowest BCUT2D eigenvalue weighted by Gasteiger charge is -2.33. The van der Waals surface area contributed by atoms with E-state index in [0.717, 1.165) is 0 Å². The van der Waals surface area contributed by atoms with Crippen molar-refractivity contribution in [1.82, 2.24) is 5.32 Å². The number of hydrogen-bond acceptors (Lipinski definition) is 3. The maximum atomic E-state index is 13.8. The molecule has 1 amide bonds. The SMILES string of the molecule is Cc1cc(O)cc(C)c1[C@H]1NC(=O)OCC1(F)F. The summed E-state index contributed by atoms with van der Waals surface area (Å²) in [6, 6.07) is 1.35. The molecule has 0 aromatic heterocycles. The second-order valence-corrected chi connectivity index (χ2v) is 4.41. The van der Waals surface area contributed by atoms with Crippen molar-refractivity contribution in [2.45, 2.75) is 25.8 Å². The van der Waals surface area contributed by atoms with Crippen molar-refractivity contribution < 1.29 is 23.4 Å². The van der Waals surface area contributed by atoms with E-state index in [1.807, 2.05) is 0 Å². The number of carbonyl (C=O) groups is 1. The van der Waals surface area contributed by atoms with Crippen molar-refractivity contribution in [3.63, 3.8) is 0 Å². The Hall–Kier alpha value is -1.85. The number of phenols is 1. The number of aromatic hydroxyl groups is 1. The van der Waals surface area contributed by atoms with Crippen LogP contribution in [-0.2, 0) is 4.74 Å². The maximum absolute atomic E-state index is 13.8. The number of alkyl carbamates (subject to hydrolysis) is 1. The van der Waals surface area contributed by atoms with Gasteiger partial charge in [-0.1, -0.05) is 0 Å². The van der Waals surface area contributed by atoms with Crippen LogP contribution in [0.1, 0.15) is 22.7 Å². The fourth-order valence-corrected chi connectivity index (χ4v) is 2.20. The Morgan fingerprint density at radius 3 is 2.50 bits per heavy atom. The summed E-state index contributed by atoms with van der Waals surface area (Å²) in [5.41, 5.74) is 1.31. The number of benzene rings is 1. The van der Waals surface area contributed by atoms with E-state index in [0.29, 0.717) is 16.7 Å². The summed E-state index contributed by atoms with van der Waals surface area (Å²) >= 11 is 0. The number of nitrogens with one attached hydrogen (secondary N) is 1. The van der Waals surface area contributed by atoms with E-state index in [9.17, 15) is 18.7 Å². The Bertz CT molecular complexity index is 479. The van der Waals surface area contributed by atoms with Crippen LogP contribution >= 0.6 is 0 Å². The predicted molar refractivity (Wildman–Crippen MR) is 59.8 cm³/mol. The quantitative estimate of drug-likeness (QED) is 0.812. The molecule has 1 atom stereocenters. The van der Waals surface area contributed by atoms with E-state index in [1.54, 1.807) is 13.8 Å². The van der Waals surface area contributed by atoms with Gasteiger partial charge in [0, 0.05) is 0 Å². The highest BCUT2D eigenvalue weighted by atomic mass is 19.3. The molecule has 0 saturated carbocycles. The Morgan fingerprint density at radius 1 is 1.39 bits per heavy atom. The molecule has 1 saturated heterocycles. The first-order chi connectivity index (χ1) is 8.31. The van der Waals surface area contributed by atoms with Crippen LogP contribution in [0.15, 0.2) is 12.1 Å². The van der Waals surface area contributed by atoms with Gasteiger partial charge in [-0.3, -0.25) is 0 Å². The average molecular weight is 257 g/mol. The molecule has 1 aromatic rings. The Morgan fingerprint density at radius 2 is 1.94 bits per heavy atom. The molecule has 4 nitrogen and oxygen atoms in total. The Balaban J connectivity index is 2.49. The molecule has 0 bridgehead atoms. The predicted octanol–water partition coefficient (Wildman–Crippen LogP) is 2.43. The maximum Gasteiger partial charge on any atom is 0.408 e. The number of cyclic esters (lactones) is 1. The molecule has 1 fully saturated rings. The number of carbonyl (C=O) groups excluding carboxylic acids is 1. The highest BCUT2D eigenvalue weighted by Gasteiger charge is 2.47. The number of halogens is 2. The van der Waals surface area contributed by atoms with Crippen LogP contribution < -0.4 is 5.32 Å². The van der Waals surface area contributed by atoms with Gasteiger partial charge in [0.25, 0.3) is 0 Å². The van der Waals surface area contributed by atoms with Gasteiger partial charge in [-0.05, 0) is 42.7 Å². The monoisotopic (exact) mass is 257 g/mol. The van der Waals surface area contributed by atoms with Crippen molar-refractivity contribution in [3.8, 4) is 5.75 Å². The molecule has 1 heterocycles. The summed E-state index contributed by atoms with van der Waals surface area (Å²) in [6.45, 7) is 2.28. The second kappa shape index (κ2) is 4.12. The summed E-state index contributed by atoms with van der Waals surface area (Å²) in [6.07, 6.45) is -0.863. The average Bonchev–Trinajstić information content (AvgIpc) is 2.22. The van der Waals surface area contributed by atoms with Gasteiger partial charge in [0.05, 0.1) is 0 Å². The van der Waals surface area contributed by atoms with Crippen LogP contribution in [0, 0.1) is 13.8 Å². The van der Waals surface area contributed by atoms with Gasteiger partial charge in [0.15, 0.2) is 6.61 Å². The summed E-state index contributed by atoms with van der Waals surface area (Å²) < 4.78 is 31.9. The minimum Gasteiger partial charge on any atom is -0.508 e. The number of rotatable bonds is 1. The number of ether oxygens (including phenoxy) is 1. The zero-order valence-corrected chi connectivity index (χ0v) is 9.96. The van der Waals surface area contributed by atoms with E-state index in [-0.39, 0.29) is 5.75 Å². The molecular weight excluding hydrogens is 244 g/mol. The van der Waals surface area contributed by atoms with Crippen LogP contribution in [0.2, 0.25) is 0 Å². The first-order valence-electron chi connectivity index (χ1n) is 5.42. The molecule has 1 aliphatic heterocycles. The van der Waals surface area contributed by atoms with Crippen molar-refractivity contribution in [3.05, 3.63) is 28.8 Å². The second-order valence-electron chi connectivity index (χ2n) is 4.41. The number of amides is 1. The van der Waals surface area contributed by atoms with Crippen molar-refractivity contribution in [1.29, 1.82) is 0 Å². The van der Waals surface area contributed by atoms with E-state index >= 15 is 0 Å². The molecule has 0 radical (unpaired) electrons. The lowest BCUT2D eigenvalue weighted by atomic mass is 9.91. The third-order valence-electron chi connectivity index (χ3n) is 2.95. The molecular formula is C12H13F2NO3. The van der Waals surface area contributed by atoms with E-state index in [1.165, 1.54) is 12.1 Å². The zero-order valence-electron chi connectivity index (χ0n) is 9.96. The van der Waals surface area contributed by atoms with Gasteiger partial charge < -0.3 is 15.2 Å². The Labute approximate surface area is 103 Å². The van der Waals surface area contributed by atoms with Gasteiger partial charge >= 0.3 is 12.0 Å². The van der Waals surface area contributed by atoms with Gasteiger partial charge in [-0.15, -0.1) is 0 Å². The summed E-state index contributed by atoms with van der Waals surface area (Å²) in [5.74, 6) is -3.17. The summed E-state index contributed by atoms with van der Waals surface area (Å²) in [7, 11) is 0. The van der Waals surface area contributed by atoms with Crippen LogP contribution in [0.5, 0.6) is 5.75 Å². The smallest absolute Gasteiger partial charge is 0.408 e. The van der Waals surface area contributed by atoms with Crippen LogP contribution in [0.3, 0.4) is 0 Å². The van der Waals surface area contributed by atoms with Gasteiger partial charge in [-0.2, -0.15) is 0 Å². The number of alkyl halides is 2. The van der Waals surface area contributed by atoms with E-state index in [2.05, 4.69) is 10.1 Å². The normalized spacial score (nSPS) is 22.2. The fraction of sp³-hybridized carbons (Fsp3) is 0.417. The third-order valence-corrected chi connectivity index (χ3v) is 2.95.